The van der Waals surface area contributed by atoms with Gasteiger partial charge < -0.3 is 4.90 Å². The number of pyridine rings is 1. The van der Waals surface area contributed by atoms with Gasteiger partial charge in [-0.15, -0.1) is 0 Å². The number of rotatable bonds is 6. The summed E-state index contributed by atoms with van der Waals surface area (Å²) < 4.78 is 0. The average molecular weight is 326 g/mol. The highest BCUT2D eigenvalue weighted by atomic mass is 15.2. The Kier molecular flexibility index (Phi) is 6.14. The average Bonchev–Trinajstić information content (AvgIpc) is 2.58. The van der Waals surface area contributed by atoms with Crippen molar-refractivity contribution in [2.75, 3.05) is 27.2 Å². The molecule has 2 aromatic rings. The van der Waals surface area contributed by atoms with E-state index in [-0.39, 0.29) is 5.54 Å². The summed E-state index contributed by atoms with van der Waals surface area (Å²) in [6.07, 6.45) is 3.77. The Morgan fingerprint density at radius 3 is 2.33 bits per heavy atom. The molecular weight excluding hydrogens is 294 g/mol. The molecule has 24 heavy (non-hydrogen) atoms. The largest absolute Gasteiger partial charge is 0.300 e. The summed E-state index contributed by atoms with van der Waals surface area (Å²) in [4.78, 5) is 9.11. The predicted molar refractivity (Wildman–Crippen MR) is 103 cm³/mol. The second kappa shape index (κ2) is 7.91. The van der Waals surface area contributed by atoms with E-state index in [0.717, 1.165) is 13.1 Å². The van der Waals surface area contributed by atoms with Crippen LogP contribution in [0.5, 0.6) is 0 Å². The van der Waals surface area contributed by atoms with Crippen LogP contribution < -0.4 is 0 Å². The van der Waals surface area contributed by atoms with Gasteiger partial charge in [0.15, 0.2) is 0 Å². The van der Waals surface area contributed by atoms with Crippen molar-refractivity contribution in [1.82, 2.24) is 14.8 Å². The van der Waals surface area contributed by atoms with Crippen LogP contribution in [0.3, 0.4) is 0 Å². The van der Waals surface area contributed by atoms with Crippen molar-refractivity contribution in [2.45, 2.75) is 39.3 Å². The molecule has 130 valence electrons. The zero-order chi connectivity index (χ0) is 17.7. The van der Waals surface area contributed by atoms with Crippen LogP contribution in [-0.2, 0) is 0 Å². The first-order valence-corrected chi connectivity index (χ1v) is 8.71. The Hall–Kier alpha value is -1.71. The molecule has 2 rings (SSSR count). The van der Waals surface area contributed by atoms with Crippen LogP contribution in [0.15, 0.2) is 48.8 Å². The molecule has 0 N–H and O–H groups in total. The van der Waals surface area contributed by atoms with Crippen molar-refractivity contribution >= 4 is 0 Å². The number of likely N-dealkylation sites (N-methyl/N-ethyl adjacent to an activating group) is 2. The van der Waals surface area contributed by atoms with Crippen molar-refractivity contribution in [3.05, 3.63) is 54.4 Å². The standard InChI is InChI=1S/C21H31N3/c1-17(23(5)14-15-24(6)21(2,3)4)19-11-7-8-12-20(19)18-10-9-13-22-16-18/h7-13,16-17H,14-15H2,1-6H3. The Morgan fingerprint density at radius 2 is 1.71 bits per heavy atom. The monoisotopic (exact) mass is 325 g/mol. The van der Waals surface area contributed by atoms with Gasteiger partial charge in [-0.1, -0.05) is 30.3 Å². The summed E-state index contributed by atoms with van der Waals surface area (Å²) in [6, 6.07) is 13.1. The van der Waals surface area contributed by atoms with E-state index >= 15 is 0 Å². The molecule has 0 aliphatic rings. The maximum atomic E-state index is 4.27. The SMILES string of the molecule is CC(c1ccccc1-c1cccnc1)N(C)CCN(C)C(C)(C)C. The number of nitrogens with zero attached hydrogens (tertiary/aromatic N) is 3. The summed E-state index contributed by atoms with van der Waals surface area (Å²) >= 11 is 0. The van der Waals surface area contributed by atoms with Crippen LogP contribution in [0.1, 0.15) is 39.3 Å². The Balaban J connectivity index is 2.14. The third-order valence-corrected chi connectivity index (χ3v) is 4.98. The van der Waals surface area contributed by atoms with E-state index in [2.05, 4.69) is 86.9 Å². The summed E-state index contributed by atoms with van der Waals surface area (Å²) in [5, 5.41) is 0. The van der Waals surface area contributed by atoms with Crippen LogP contribution in [-0.4, -0.2) is 47.5 Å². The third kappa shape index (κ3) is 4.65. The van der Waals surface area contributed by atoms with E-state index in [4.69, 9.17) is 0 Å². The molecule has 1 aromatic carbocycles. The molecule has 0 saturated heterocycles. The van der Waals surface area contributed by atoms with Crippen LogP contribution in [0, 0.1) is 0 Å². The molecular formula is C21H31N3. The van der Waals surface area contributed by atoms with Crippen LogP contribution >= 0.6 is 0 Å². The van der Waals surface area contributed by atoms with Gasteiger partial charge in [0.05, 0.1) is 0 Å². The van der Waals surface area contributed by atoms with Crippen molar-refractivity contribution in [2.24, 2.45) is 0 Å². The van der Waals surface area contributed by atoms with Crippen molar-refractivity contribution in [3.63, 3.8) is 0 Å². The normalized spacial score (nSPS) is 13.5. The molecule has 0 spiro atoms. The van der Waals surface area contributed by atoms with Crippen LogP contribution in [0.4, 0.5) is 0 Å². The summed E-state index contributed by atoms with van der Waals surface area (Å²) in [5.41, 5.74) is 4.01. The Bertz CT molecular complexity index is 631. The maximum Gasteiger partial charge on any atom is 0.0346 e. The zero-order valence-electron chi connectivity index (χ0n) is 16.0. The number of hydrogen-bond acceptors (Lipinski definition) is 3. The summed E-state index contributed by atoms with van der Waals surface area (Å²) in [7, 11) is 4.41. The summed E-state index contributed by atoms with van der Waals surface area (Å²) in [5.74, 6) is 0. The topological polar surface area (TPSA) is 19.4 Å². The first kappa shape index (κ1) is 18.6. The van der Waals surface area contributed by atoms with Crippen LogP contribution in [0.25, 0.3) is 11.1 Å². The smallest absolute Gasteiger partial charge is 0.0346 e. The lowest BCUT2D eigenvalue weighted by Gasteiger charge is -2.35. The first-order chi connectivity index (χ1) is 11.3. The van der Waals surface area contributed by atoms with Crippen LogP contribution in [0.2, 0.25) is 0 Å². The minimum atomic E-state index is 0.206. The maximum absolute atomic E-state index is 4.27. The van der Waals surface area contributed by atoms with E-state index in [1.165, 1.54) is 16.7 Å². The lowest BCUT2D eigenvalue weighted by atomic mass is 9.96. The molecule has 0 aliphatic carbocycles. The highest BCUT2D eigenvalue weighted by Gasteiger charge is 2.20. The fourth-order valence-corrected chi connectivity index (χ4v) is 2.72. The zero-order valence-corrected chi connectivity index (χ0v) is 16.0. The van der Waals surface area contributed by atoms with E-state index in [0.29, 0.717) is 6.04 Å². The highest BCUT2D eigenvalue weighted by molar-refractivity contribution is 5.67. The van der Waals surface area contributed by atoms with Gasteiger partial charge in [-0.3, -0.25) is 9.88 Å². The van der Waals surface area contributed by atoms with Crippen molar-refractivity contribution < 1.29 is 0 Å². The Morgan fingerprint density at radius 1 is 1.00 bits per heavy atom. The molecule has 0 bridgehead atoms. The molecule has 0 amide bonds. The molecule has 3 nitrogen and oxygen atoms in total. The van der Waals surface area contributed by atoms with E-state index in [1.54, 1.807) is 0 Å². The third-order valence-electron chi connectivity index (χ3n) is 4.98. The molecule has 1 aromatic heterocycles. The lowest BCUT2D eigenvalue weighted by Crippen LogP contribution is -2.42. The highest BCUT2D eigenvalue weighted by Crippen LogP contribution is 2.30. The number of aromatic nitrogens is 1. The molecule has 1 atom stereocenters. The van der Waals surface area contributed by atoms with E-state index in [9.17, 15) is 0 Å². The fourth-order valence-electron chi connectivity index (χ4n) is 2.72. The van der Waals surface area contributed by atoms with E-state index in [1.807, 2.05) is 18.5 Å². The van der Waals surface area contributed by atoms with Gasteiger partial charge in [-0.2, -0.15) is 0 Å². The predicted octanol–water partition coefficient (Wildman–Crippen LogP) is 4.47. The molecule has 0 saturated carbocycles. The van der Waals surface area contributed by atoms with Gasteiger partial charge in [0.2, 0.25) is 0 Å². The van der Waals surface area contributed by atoms with Gasteiger partial charge in [-0.25, -0.2) is 0 Å². The van der Waals surface area contributed by atoms with Gasteiger partial charge in [-0.05, 0) is 59.0 Å². The Labute approximate surface area is 147 Å². The molecule has 0 radical (unpaired) electrons. The lowest BCUT2D eigenvalue weighted by molar-refractivity contribution is 0.142. The molecule has 1 unspecified atom stereocenters. The van der Waals surface area contributed by atoms with Gasteiger partial charge in [0, 0.05) is 42.6 Å². The van der Waals surface area contributed by atoms with E-state index < -0.39 is 0 Å². The fraction of sp³-hybridized carbons (Fsp3) is 0.476. The number of benzene rings is 1. The van der Waals surface area contributed by atoms with Gasteiger partial charge in [0.1, 0.15) is 0 Å². The molecule has 0 fully saturated rings. The molecule has 0 aliphatic heterocycles. The second-order valence-electron chi connectivity index (χ2n) is 7.58. The molecule has 1 heterocycles. The minimum absolute atomic E-state index is 0.206. The van der Waals surface area contributed by atoms with Crippen molar-refractivity contribution in [3.8, 4) is 11.1 Å². The van der Waals surface area contributed by atoms with Gasteiger partial charge in [0.25, 0.3) is 0 Å². The quantitative estimate of drug-likeness (QED) is 0.781. The van der Waals surface area contributed by atoms with Gasteiger partial charge >= 0.3 is 0 Å². The number of hydrogen-bond donors (Lipinski definition) is 0. The molecule has 3 heteroatoms. The summed E-state index contributed by atoms with van der Waals surface area (Å²) in [6.45, 7) is 11.2. The minimum Gasteiger partial charge on any atom is -0.300 e. The first-order valence-electron chi connectivity index (χ1n) is 8.71. The van der Waals surface area contributed by atoms with Crippen molar-refractivity contribution in [1.29, 1.82) is 0 Å². The second-order valence-corrected chi connectivity index (χ2v) is 7.58.